The second-order valence-electron chi connectivity index (χ2n) is 7.61. The average molecular weight is 506 g/mol. The minimum Gasteiger partial charge on any atom is -0.478 e. The number of hydrogen-bond donors (Lipinski definition) is 1. The van der Waals surface area contributed by atoms with E-state index >= 15 is 0 Å². The summed E-state index contributed by atoms with van der Waals surface area (Å²) in [6.07, 6.45) is -2.12. The molecule has 3 aromatic rings. The number of rotatable bonds is 6. The van der Waals surface area contributed by atoms with Crippen molar-refractivity contribution in [2.75, 3.05) is 18.1 Å². The first-order valence-corrected chi connectivity index (χ1v) is 11.4. The minimum absolute atomic E-state index is 0.0102. The second kappa shape index (κ2) is 8.02. The molecule has 0 aliphatic carbocycles. The molecule has 4 rings (SSSR count). The van der Waals surface area contributed by atoms with Gasteiger partial charge in [-0.05, 0) is 13.0 Å². The van der Waals surface area contributed by atoms with Crippen LogP contribution in [0.4, 0.5) is 13.2 Å². The Labute approximate surface area is 189 Å². The Hall–Kier alpha value is -3.13. The smallest absolute Gasteiger partial charge is 0.422 e. The van der Waals surface area contributed by atoms with E-state index < -0.39 is 34.1 Å². The molecule has 1 fully saturated rings. The van der Waals surface area contributed by atoms with Crippen molar-refractivity contribution in [1.82, 2.24) is 24.9 Å². The van der Waals surface area contributed by atoms with Crippen molar-refractivity contribution >= 4 is 33.0 Å². The fourth-order valence-corrected chi connectivity index (χ4v) is 5.36. The third-order valence-corrected chi connectivity index (χ3v) is 6.76. The lowest BCUT2D eigenvalue weighted by atomic mass is 10.1. The lowest BCUT2D eigenvalue weighted by Crippen LogP contribution is -2.63. The maximum absolute atomic E-state index is 12.5. The summed E-state index contributed by atoms with van der Waals surface area (Å²) < 4.78 is 71.7. The summed E-state index contributed by atoms with van der Waals surface area (Å²) >= 11 is 5.78. The largest absolute Gasteiger partial charge is 0.478 e. The van der Waals surface area contributed by atoms with Gasteiger partial charge in [-0.1, -0.05) is 11.6 Å². The predicted octanol–water partition coefficient (Wildman–Crippen LogP) is 2.43. The van der Waals surface area contributed by atoms with Crippen LogP contribution in [0.25, 0.3) is 5.65 Å². The Kier molecular flexibility index (Phi) is 5.60. The van der Waals surface area contributed by atoms with Gasteiger partial charge in [0.15, 0.2) is 27.8 Å². The predicted molar refractivity (Wildman–Crippen MR) is 108 cm³/mol. The van der Waals surface area contributed by atoms with Crippen LogP contribution in [-0.4, -0.2) is 63.7 Å². The number of imidazole rings is 1. The quantitative estimate of drug-likeness (QED) is 0.541. The molecule has 10 nitrogen and oxygen atoms in total. The fourth-order valence-electron chi connectivity index (χ4n) is 3.21. The third kappa shape index (κ3) is 5.45. The van der Waals surface area contributed by atoms with E-state index in [-0.39, 0.29) is 45.4 Å². The highest BCUT2D eigenvalue weighted by atomic mass is 35.5. The number of ether oxygens (including phenoxy) is 2. The summed E-state index contributed by atoms with van der Waals surface area (Å²) in [5.41, 5.74) is -0.610. The molecule has 1 N–H and O–H groups in total. The van der Waals surface area contributed by atoms with Crippen molar-refractivity contribution in [1.29, 1.82) is 0 Å². The molecule has 0 aromatic carbocycles. The zero-order chi connectivity index (χ0) is 24.0. The van der Waals surface area contributed by atoms with Crippen LogP contribution < -0.4 is 14.8 Å². The highest BCUT2D eigenvalue weighted by Gasteiger charge is 2.46. The lowest BCUT2D eigenvalue weighted by Gasteiger charge is -2.38. The average Bonchev–Trinajstić information content (AvgIpc) is 3.09. The SMILES string of the molecule is CC1(NC(=O)c2cn3nc(Oc4ncc(Cl)cc4OCC(F)(F)F)ccc3n2)CS(=O)(=O)C1. The summed E-state index contributed by atoms with van der Waals surface area (Å²) in [5.74, 6) is -1.62. The van der Waals surface area contributed by atoms with Gasteiger partial charge in [-0.15, -0.1) is 5.10 Å². The Morgan fingerprint density at radius 1 is 1.33 bits per heavy atom. The number of carbonyl (C=O) groups is 1. The van der Waals surface area contributed by atoms with Crippen molar-refractivity contribution in [3.8, 4) is 17.5 Å². The molecule has 1 amide bonds. The van der Waals surface area contributed by atoms with Gasteiger partial charge in [0.25, 0.3) is 11.8 Å². The first kappa shape index (κ1) is 23.0. The van der Waals surface area contributed by atoms with Crippen molar-refractivity contribution in [3.63, 3.8) is 0 Å². The summed E-state index contributed by atoms with van der Waals surface area (Å²) in [6, 6.07) is 3.95. The van der Waals surface area contributed by atoms with Crippen molar-refractivity contribution in [2.24, 2.45) is 0 Å². The van der Waals surface area contributed by atoms with E-state index in [1.807, 2.05) is 0 Å². The van der Waals surface area contributed by atoms with Gasteiger partial charge in [-0.2, -0.15) is 13.2 Å². The highest BCUT2D eigenvalue weighted by Crippen LogP contribution is 2.32. The van der Waals surface area contributed by atoms with Crippen LogP contribution in [0.5, 0.6) is 17.5 Å². The molecule has 176 valence electrons. The van der Waals surface area contributed by atoms with E-state index in [9.17, 15) is 26.4 Å². The van der Waals surface area contributed by atoms with Crippen LogP contribution in [0, 0.1) is 0 Å². The molecule has 15 heteroatoms. The van der Waals surface area contributed by atoms with Crippen molar-refractivity contribution in [2.45, 2.75) is 18.6 Å². The Morgan fingerprint density at radius 3 is 2.73 bits per heavy atom. The van der Waals surface area contributed by atoms with Gasteiger partial charge < -0.3 is 14.8 Å². The molecule has 0 radical (unpaired) electrons. The fraction of sp³-hybridized carbons (Fsp3) is 0.333. The number of pyridine rings is 1. The number of aromatic nitrogens is 4. The van der Waals surface area contributed by atoms with Crippen LogP contribution in [0.1, 0.15) is 17.4 Å². The topological polar surface area (TPSA) is 125 Å². The maximum Gasteiger partial charge on any atom is 0.422 e. The zero-order valence-electron chi connectivity index (χ0n) is 16.8. The van der Waals surface area contributed by atoms with Gasteiger partial charge in [0.1, 0.15) is 5.69 Å². The summed E-state index contributed by atoms with van der Waals surface area (Å²) in [5, 5.41) is 6.78. The van der Waals surface area contributed by atoms with Gasteiger partial charge in [-0.3, -0.25) is 4.79 Å². The number of nitrogens with one attached hydrogen (secondary N) is 1. The van der Waals surface area contributed by atoms with E-state index in [1.54, 1.807) is 6.92 Å². The maximum atomic E-state index is 12.5. The monoisotopic (exact) mass is 505 g/mol. The first-order valence-electron chi connectivity index (χ1n) is 9.23. The molecule has 1 aliphatic heterocycles. The van der Waals surface area contributed by atoms with E-state index in [1.165, 1.54) is 22.8 Å². The number of sulfone groups is 1. The molecule has 3 aromatic heterocycles. The van der Waals surface area contributed by atoms with Crippen LogP contribution in [0.2, 0.25) is 5.02 Å². The molecule has 0 atom stereocenters. The molecule has 1 aliphatic rings. The Balaban J connectivity index is 1.52. The number of halogens is 4. The van der Waals surface area contributed by atoms with Gasteiger partial charge >= 0.3 is 6.18 Å². The summed E-state index contributed by atoms with van der Waals surface area (Å²) in [7, 11) is -3.15. The lowest BCUT2D eigenvalue weighted by molar-refractivity contribution is -0.153. The number of amides is 1. The van der Waals surface area contributed by atoms with E-state index in [4.69, 9.17) is 21.1 Å². The van der Waals surface area contributed by atoms with E-state index in [0.717, 1.165) is 12.3 Å². The van der Waals surface area contributed by atoms with E-state index in [2.05, 4.69) is 20.4 Å². The standard InChI is InChI=1S/C18H15ClF3N5O5S/c1-17(8-33(29,30)9-17)25-15(28)11-6-27-13(24-11)2-3-14(26-27)32-16-12(4-10(19)5-23-16)31-7-18(20,21)22/h2-6H,7-9H2,1H3,(H,25,28). The van der Waals surface area contributed by atoms with Crippen molar-refractivity contribution < 1.29 is 35.9 Å². The summed E-state index contributed by atoms with van der Waals surface area (Å²) in [4.78, 5) is 20.4. The molecular weight excluding hydrogens is 491 g/mol. The molecule has 33 heavy (non-hydrogen) atoms. The summed E-state index contributed by atoms with van der Waals surface area (Å²) in [6.45, 7) is 0.0432. The van der Waals surface area contributed by atoms with Gasteiger partial charge in [0.05, 0.1) is 28.3 Å². The second-order valence-corrected chi connectivity index (χ2v) is 10.1. The van der Waals surface area contributed by atoms with Gasteiger partial charge in [-0.25, -0.2) is 22.9 Å². The first-order chi connectivity index (χ1) is 15.3. The van der Waals surface area contributed by atoms with Crippen LogP contribution >= 0.6 is 11.6 Å². The molecule has 1 saturated heterocycles. The number of hydrogen-bond acceptors (Lipinski definition) is 8. The van der Waals surface area contributed by atoms with E-state index in [0.29, 0.717) is 0 Å². The molecule has 0 unspecified atom stereocenters. The minimum atomic E-state index is -4.58. The van der Waals surface area contributed by atoms with Crippen LogP contribution in [0.15, 0.2) is 30.6 Å². The number of nitrogens with zero attached hydrogens (tertiary/aromatic N) is 4. The molecule has 0 spiro atoms. The van der Waals surface area contributed by atoms with Crippen molar-refractivity contribution in [3.05, 3.63) is 41.3 Å². The highest BCUT2D eigenvalue weighted by molar-refractivity contribution is 7.93. The number of alkyl halides is 3. The Morgan fingerprint density at radius 2 is 2.06 bits per heavy atom. The van der Waals surface area contributed by atoms with Gasteiger partial charge in [0.2, 0.25) is 5.88 Å². The molecular formula is C18H15ClF3N5O5S. The number of fused-ring (bicyclic) bond motifs is 1. The molecule has 0 bridgehead atoms. The van der Waals surface area contributed by atoms with Crippen LogP contribution in [-0.2, 0) is 9.84 Å². The Bertz CT molecular complexity index is 1330. The molecule has 0 saturated carbocycles. The van der Waals surface area contributed by atoms with Gasteiger partial charge in [0, 0.05) is 18.3 Å². The normalized spacial score (nSPS) is 16.8. The third-order valence-electron chi connectivity index (χ3n) is 4.40. The van der Waals surface area contributed by atoms with Crippen LogP contribution in [0.3, 0.4) is 0 Å². The molecule has 4 heterocycles. The number of carbonyl (C=O) groups excluding carboxylic acids is 1. The zero-order valence-corrected chi connectivity index (χ0v) is 18.3.